The first-order valence-corrected chi connectivity index (χ1v) is 13.1. The molecule has 1 saturated heterocycles. The summed E-state index contributed by atoms with van der Waals surface area (Å²) < 4.78 is 0. The minimum Gasteiger partial charge on any atom is -0.375 e. The zero-order chi connectivity index (χ0) is 26.6. The lowest BCUT2D eigenvalue weighted by atomic mass is 9.71. The maximum Gasteiger partial charge on any atom is 0.231 e. The quantitative estimate of drug-likeness (QED) is 0.308. The number of fused-ring (bicyclic) bond motifs is 5. The number of carbonyl (C=O) groups excluding carboxylic acids is 2. The average Bonchev–Trinajstić information content (AvgIpc) is 3.63. The molecule has 2 aliphatic carbocycles. The van der Waals surface area contributed by atoms with Gasteiger partial charge in [-0.15, -0.1) is 0 Å². The maximum absolute atomic E-state index is 13.3. The van der Waals surface area contributed by atoms with E-state index >= 15 is 0 Å². The largest absolute Gasteiger partial charge is 0.375 e. The summed E-state index contributed by atoms with van der Waals surface area (Å²) in [6.07, 6.45) is 5.41. The molecular weight excluding hydrogens is 486 g/mol. The highest BCUT2D eigenvalue weighted by atomic mass is 16.3. The van der Waals surface area contributed by atoms with Crippen molar-refractivity contribution in [1.29, 1.82) is 0 Å². The molecule has 39 heavy (non-hydrogen) atoms. The molecule has 2 aromatic carbocycles. The van der Waals surface area contributed by atoms with E-state index in [4.69, 9.17) is 4.98 Å². The number of imide groups is 1. The monoisotopic (exact) mass is 511 g/mol. The predicted octanol–water partition coefficient (Wildman–Crippen LogP) is 4.29. The third-order valence-electron chi connectivity index (χ3n) is 8.29. The van der Waals surface area contributed by atoms with Crippen LogP contribution in [0.1, 0.15) is 22.5 Å². The third-order valence-corrected chi connectivity index (χ3v) is 8.29. The summed E-state index contributed by atoms with van der Waals surface area (Å²) in [5.41, 5.74) is 3.74. The van der Waals surface area contributed by atoms with Gasteiger partial charge in [-0.3, -0.25) is 24.9 Å². The number of hydrogen-bond donors (Lipinski definition) is 2. The van der Waals surface area contributed by atoms with E-state index in [2.05, 4.69) is 10.3 Å². The van der Waals surface area contributed by atoms with Gasteiger partial charge in [0.15, 0.2) is 5.60 Å². The molecule has 4 aromatic rings. The van der Waals surface area contributed by atoms with Crippen LogP contribution in [0.2, 0.25) is 0 Å². The molecule has 1 aliphatic heterocycles. The number of aliphatic hydroxyl groups is 1. The number of rotatable bonds is 5. The van der Waals surface area contributed by atoms with Crippen molar-refractivity contribution >= 4 is 17.4 Å². The summed E-state index contributed by atoms with van der Waals surface area (Å²) in [6, 6.07) is 30.6. The first kappa shape index (κ1) is 23.4. The Labute approximate surface area is 225 Å². The fraction of sp³-hybridized carbons (Fsp3) is 0.152. The van der Waals surface area contributed by atoms with Gasteiger partial charge in [-0.25, -0.2) is 0 Å². The van der Waals surface area contributed by atoms with E-state index in [0.717, 1.165) is 22.4 Å². The van der Waals surface area contributed by atoms with E-state index in [1.807, 2.05) is 97.1 Å². The van der Waals surface area contributed by atoms with E-state index in [0.29, 0.717) is 16.8 Å². The van der Waals surface area contributed by atoms with E-state index in [1.165, 1.54) is 0 Å². The molecule has 1 saturated carbocycles. The van der Waals surface area contributed by atoms with Crippen LogP contribution in [0.25, 0.3) is 5.57 Å². The van der Waals surface area contributed by atoms with Gasteiger partial charge in [0.2, 0.25) is 11.8 Å². The van der Waals surface area contributed by atoms with Crippen LogP contribution in [-0.2, 0) is 15.2 Å². The zero-order valence-electron chi connectivity index (χ0n) is 20.9. The molecule has 2 aromatic heterocycles. The first-order valence-electron chi connectivity index (χ1n) is 13.1. The Morgan fingerprint density at radius 3 is 2.05 bits per heavy atom. The van der Waals surface area contributed by atoms with Crippen LogP contribution in [0.4, 0.5) is 0 Å². The van der Waals surface area contributed by atoms with Crippen LogP contribution in [-0.4, -0.2) is 26.9 Å². The molecule has 3 aliphatic rings. The molecule has 2 N–H and O–H groups in total. The molecule has 5 atom stereocenters. The molecule has 2 bridgehead atoms. The Balaban J connectivity index is 1.53. The number of aromatic nitrogens is 2. The van der Waals surface area contributed by atoms with Crippen molar-refractivity contribution < 1.29 is 14.7 Å². The molecule has 0 unspecified atom stereocenters. The second-order valence-corrected chi connectivity index (χ2v) is 10.2. The summed E-state index contributed by atoms with van der Waals surface area (Å²) >= 11 is 0. The fourth-order valence-electron chi connectivity index (χ4n) is 6.77. The molecule has 7 rings (SSSR count). The summed E-state index contributed by atoms with van der Waals surface area (Å²) in [7, 11) is 0. The number of benzene rings is 2. The van der Waals surface area contributed by atoms with Crippen LogP contribution in [0.15, 0.2) is 127 Å². The van der Waals surface area contributed by atoms with Gasteiger partial charge >= 0.3 is 0 Å². The number of pyridine rings is 2. The minimum absolute atomic E-state index is 0.264. The van der Waals surface area contributed by atoms with Gasteiger partial charge < -0.3 is 5.11 Å². The van der Waals surface area contributed by atoms with Gasteiger partial charge in [0.05, 0.1) is 23.2 Å². The van der Waals surface area contributed by atoms with E-state index in [9.17, 15) is 14.7 Å². The number of amides is 2. The summed E-state index contributed by atoms with van der Waals surface area (Å²) in [4.78, 5) is 35.7. The van der Waals surface area contributed by atoms with E-state index in [1.54, 1.807) is 18.5 Å². The van der Waals surface area contributed by atoms with Crippen LogP contribution in [0.5, 0.6) is 0 Å². The third kappa shape index (κ3) is 3.45. The molecule has 2 amide bonds. The zero-order valence-corrected chi connectivity index (χ0v) is 20.9. The molecular formula is C33H25N3O3. The van der Waals surface area contributed by atoms with Gasteiger partial charge in [0.25, 0.3) is 0 Å². The average molecular weight is 512 g/mol. The number of hydrogen-bond acceptors (Lipinski definition) is 5. The van der Waals surface area contributed by atoms with Gasteiger partial charge in [-0.2, -0.15) is 0 Å². The second kappa shape index (κ2) is 8.96. The summed E-state index contributed by atoms with van der Waals surface area (Å²) in [5.74, 6) is -2.62. The van der Waals surface area contributed by atoms with Gasteiger partial charge in [-0.1, -0.05) is 78.9 Å². The summed E-state index contributed by atoms with van der Waals surface area (Å²) in [5, 5.41) is 15.3. The van der Waals surface area contributed by atoms with Gasteiger partial charge in [0.1, 0.15) is 0 Å². The standard InChI is InChI=1S/C33H25N3O3/c37-31-28-22-19-23(33(39,21-13-5-2-6-14-21)25-16-8-10-18-35-25)29(30(28)32(38)36-31)27(22)26(20-11-3-1-4-12-20)24-15-7-9-17-34-24/h1-19,22,28-30,39H,(H,36,37,38)/b27-26-/t22-,28-,29-,30-,33+/m1/s1. The highest BCUT2D eigenvalue weighted by molar-refractivity contribution is 6.08. The topological polar surface area (TPSA) is 92.2 Å². The van der Waals surface area contributed by atoms with Crippen LogP contribution in [0, 0.1) is 23.7 Å². The molecule has 6 nitrogen and oxygen atoms in total. The number of nitrogens with one attached hydrogen (secondary N) is 1. The van der Waals surface area contributed by atoms with Crippen LogP contribution >= 0.6 is 0 Å². The van der Waals surface area contributed by atoms with Gasteiger partial charge in [-0.05, 0) is 46.5 Å². The van der Waals surface area contributed by atoms with E-state index < -0.39 is 23.4 Å². The Bertz CT molecular complexity index is 1550. The molecule has 6 heteroatoms. The smallest absolute Gasteiger partial charge is 0.231 e. The van der Waals surface area contributed by atoms with Crippen molar-refractivity contribution in [3.63, 3.8) is 0 Å². The van der Waals surface area contributed by atoms with Crippen molar-refractivity contribution in [3.8, 4) is 0 Å². The molecule has 3 heterocycles. The van der Waals surface area contributed by atoms with Crippen LogP contribution in [0.3, 0.4) is 0 Å². The second-order valence-electron chi connectivity index (χ2n) is 10.2. The number of allylic oxidation sites excluding steroid dienone is 2. The predicted molar refractivity (Wildman–Crippen MR) is 146 cm³/mol. The molecule has 0 radical (unpaired) electrons. The van der Waals surface area contributed by atoms with Crippen molar-refractivity contribution in [3.05, 3.63) is 149 Å². The number of nitrogens with zero attached hydrogens (tertiary/aromatic N) is 2. The SMILES string of the molecule is O=C1NC(=O)[C@H]2[C@@H]1[C@@H]1C([C@@](O)(c3ccccc3)c3ccccn3)=C[C@@H]2/C1=C(\c1ccccc1)c1ccccn1. The van der Waals surface area contributed by atoms with E-state index in [-0.39, 0.29) is 17.7 Å². The lowest BCUT2D eigenvalue weighted by molar-refractivity contribution is -0.126. The van der Waals surface area contributed by atoms with Crippen molar-refractivity contribution in [2.24, 2.45) is 23.7 Å². The normalized spacial score (nSPS) is 26.0. The Morgan fingerprint density at radius 2 is 1.38 bits per heavy atom. The summed E-state index contributed by atoms with van der Waals surface area (Å²) in [6.45, 7) is 0. The lowest BCUT2D eigenvalue weighted by Gasteiger charge is -2.36. The van der Waals surface area contributed by atoms with Crippen molar-refractivity contribution in [2.45, 2.75) is 5.60 Å². The first-order chi connectivity index (χ1) is 19.1. The fourth-order valence-corrected chi connectivity index (χ4v) is 6.77. The molecule has 0 spiro atoms. The molecule has 2 fully saturated rings. The highest BCUT2D eigenvalue weighted by Crippen LogP contribution is 2.63. The maximum atomic E-state index is 13.3. The number of carbonyl (C=O) groups is 2. The Hall–Kier alpha value is -4.68. The minimum atomic E-state index is -1.60. The molecule has 190 valence electrons. The Kier molecular flexibility index (Phi) is 5.39. The van der Waals surface area contributed by atoms with Crippen molar-refractivity contribution in [2.75, 3.05) is 0 Å². The van der Waals surface area contributed by atoms with Crippen LogP contribution < -0.4 is 5.32 Å². The Morgan fingerprint density at radius 1 is 0.744 bits per heavy atom. The lowest BCUT2D eigenvalue weighted by Crippen LogP contribution is -2.38. The van der Waals surface area contributed by atoms with Crippen molar-refractivity contribution in [1.82, 2.24) is 15.3 Å². The highest BCUT2D eigenvalue weighted by Gasteiger charge is 2.64. The van der Waals surface area contributed by atoms with Gasteiger partial charge in [0, 0.05) is 29.8 Å².